The maximum Gasteiger partial charge on any atom is 0.0481 e. The minimum Gasteiger partial charge on any atom is -0.349 e. The van der Waals surface area contributed by atoms with E-state index in [0.717, 1.165) is 13.0 Å². The summed E-state index contributed by atoms with van der Waals surface area (Å²) in [5, 5.41) is 0. The van der Waals surface area contributed by atoms with Gasteiger partial charge in [-0.15, -0.1) is 0 Å². The Kier molecular flexibility index (Phi) is 3.27. The van der Waals surface area contributed by atoms with Crippen LogP contribution in [0.3, 0.4) is 0 Å². The van der Waals surface area contributed by atoms with Crippen LogP contribution in [0.5, 0.6) is 0 Å². The van der Waals surface area contributed by atoms with E-state index in [2.05, 4.69) is 51.1 Å². The Morgan fingerprint density at radius 2 is 2.11 bits per heavy atom. The molecule has 1 aliphatic carbocycles. The van der Waals surface area contributed by atoms with Crippen LogP contribution in [0.4, 0.5) is 0 Å². The average molecular weight is 305 g/mol. The van der Waals surface area contributed by atoms with Crippen LogP contribution in [0, 0.1) is 0 Å². The highest BCUT2D eigenvalue weighted by Gasteiger charge is 2.18. The molecule has 2 aromatic rings. The van der Waals surface area contributed by atoms with Crippen LogP contribution in [0.25, 0.3) is 0 Å². The second-order valence-corrected chi connectivity index (χ2v) is 5.86. The molecule has 3 heteroatoms. The van der Waals surface area contributed by atoms with Crippen LogP contribution < -0.4 is 5.73 Å². The fraction of sp³-hybridized carbons (Fsp3) is 0.333. The molecule has 2 nitrogen and oxygen atoms in total. The lowest BCUT2D eigenvalue weighted by Gasteiger charge is -2.17. The highest BCUT2D eigenvalue weighted by Crippen LogP contribution is 2.29. The van der Waals surface area contributed by atoms with E-state index in [1.54, 1.807) is 0 Å². The number of fused-ring (bicyclic) bond motifs is 1. The van der Waals surface area contributed by atoms with Crippen LogP contribution in [-0.4, -0.2) is 4.57 Å². The number of nitrogens with two attached hydrogens (primary N) is 1. The minimum atomic E-state index is 0.231. The first-order chi connectivity index (χ1) is 8.74. The molecule has 1 aromatic carbocycles. The molecule has 0 spiro atoms. The van der Waals surface area contributed by atoms with Gasteiger partial charge in [0, 0.05) is 29.5 Å². The van der Waals surface area contributed by atoms with Crippen LogP contribution >= 0.6 is 15.9 Å². The lowest BCUT2D eigenvalue weighted by atomic mass is 9.92. The van der Waals surface area contributed by atoms with E-state index < -0.39 is 0 Å². The number of nitrogens with zero attached hydrogens (tertiary/aromatic N) is 1. The Labute approximate surface area is 116 Å². The molecule has 1 aromatic heterocycles. The summed E-state index contributed by atoms with van der Waals surface area (Å²) in [7, 11) is 0. The van der Waals surface area contributed by atoms with Gasteiger partial charge in [0.05, 0.1) is 0 Å². The molecule has 2 N–H and O–H groups in total. The van der Waals surface area contributed by atoms with Crippen molar-refractivity contribution < 1.29 is 0 Å². The quantitative estimate of drug-likeness (QED) is 0.902. The number of hydrogen-bond acceptors (Lipinski definition) is 1. The normalized spacial score (nSPS) is 18.7. The van der Waals surface area contributed by atoms with E-state index in [0.29, 0.717) is 0 Å². The molecule has 94 valence electrons. The van der Waals surface area contributed by atoms with Crippen molar-refractivity contribution in [1.82, 2.24) is 4.57 Å². The van der Waals surface area contributed by atoms with Gasteiger partial charge in [-0.3, -0.25) is 0 Å². The highest BCUT2D eigenvalue weighted by molar-refractivity contribution is 9.10. The number of benzene rings is 1. The lowest BCUT2D eigenvalue weighted by Crippen LogP contribution is -2.15. The number of aryl methyl sites for hydroxylation is 1. The van der Waals surface area contributed by atoms with E-state index >= 15 is 0 Å². The fourth-order valence-electron chi connectivity index (χ4n) is 2.70. The SMILES string of the molecule is NC1CCCc2cn(Cc3ccccc3Br)cc21. The summed E-state index contributed by atoms with van der Waals surface area (Å²) in [5.41, 5.74) is 10.2. The Bertz CT molecular complexity index is 559. The maximum absolute atomic E-state index is 6.16. The first-order valence-electron chi connectivity index (χ1n) is 6.41. The van der Waals surface area contributed by atoms with Gasteiger partial charge in [0.1, 0.15) is 0 Å². The number of halogens is 1. The smallest absolute Gasteiger partial charge is 0.0481 e. The van der Waals surface area contributed by atoms with Crippen molar-refractivity contribution in [3.05, 3.63) is 57.8 Å². The van der Waals surface area contributed by atoms with Gasteiger partial charge in [-0.25, -0.2) is 0 Å². The molecular weight excluding hydrogens is 288 g/mol. The molecule has 0 aliphatic heterocycles. The second kappa shape index (κ2) is 4.90. The van der Waals surface area contributed by atoms with E-state index in [4.69, 9.17) is 5.73 Å². The number of hydrogen-bond donors (Lipinski definition) is 1. The third kappa shape index (κ3) is 2.25. The first-order valence-corrected chi connectivity index (χ1v) is 7.21. The van der Waals surface area contributed by atoms with Crippen molar-refractivity contribution >= 4 is 15.9 Å². The van der Waals surface area contributed by atoms with Gasteiger partial charge in [-0.2, -0.15) is 0 Å². The number of rotatable bonds is 2. The Morgan fingerprint density at radius 1 is 1.28 bits per heavy atom. The van der Waals surface area contributed by atoms with Crippen LogP contribution in [0.2, 0.25) is 0 Å². The molecule has 1 atom stereocenters. The molecule has 0 bridgehead atoms. The van der Waals surface area contributed by atoms with Crippen molar-refractivity contribution in [2.24, 2.45) is 5.73 Å². The van der Waals surface area contributed by atoms with E-state index in [9.17, 15) is 0 Å². The average Bonchev–Trinajstić information content (AvgIpc) is 2.76. The maximum atomic E-state index is 6.16. The Morgan fingerprint density at radius 3 is 2.89 bits per heavy atom. The third-order valence-electron chi connectivity index (χ3n) is 3.67. The van der Waals surface area contributed by atoms with Crippen molar-refractivity contribution in [2.45, 2.75) is 31.8 Å². The van der Waals surface area contributed by atoms with E-state index in [1.165, 1.54) is 34.0 Å². The molecule has 3 rings (SSSR count). The van der Waals surface area contributed by atoms with Crippen LogP contribution in [0.15, 0.2) is 41.1 Å². The van der Waals surface area contributed by atoms with Gasteiger partial charge in [-0.1, -0.05) is 34.1 Å². The topological polar surface area (TPSA) is 30.9 Å². The monoisotopic (exact) mass is 304 g/mol. The molecule has 18 heavy (non-hydrogen) atoms. The Hall–Kier alpha value is -1.06. The number of aromatic nitrogens is 1. The summed E-state index contributed by atoms with van der Waals surface area (Å²) < 4.78 is 3.43. The fourth-order valence-corrected chi connectivity index (χ4v) is 3.11. The lowest BCUT2D eigenvalue weighted by molar-refractivity contribution is 0.573. The van der Waals surface area contributed by atoms with Gasteiger partial charge < -0.3 is 10.3 Å². The first kappa shape index (κ1) is 12.0. The van der Waals surface area contributed by atoms with Crippen molar-refractivity contribution in [2.75, 3.05) is 0 Å². The zero-order valence-electron chi connectivity index (χ0n) is 10.3. The standard InChI is InChI=1S/C15H17BrN2/c16-14-6-2-1-4-12(14)9-18-8-11-5-3-7-15(17)13(11)10-18/h1-2,4,6,8,10,15H,3,5,7,9,17H2. The third-order valence-corrected chi connectivity index (χ3v) is 4.44. The highest BCUT2D eigenvalue weighted by atomic mass is 79.9. The molecule has 0 amide bonds. The Balaban J connectivity index is 1.88. The zero-order chi connectivity index (χ0) is 12.5. The van der Waals surface area contributed by atoms with Crippen molar-refractivity contribution in [3.63, 3.8) is 0 Å². The molecule has 1 aliphatic rings. The summed E-state index contributed by atoms with van der Waals surface area (Å²) in [4.78, 5) is 0. The predicted octanol–water partition coefficient (Wildman–Crippen LogP) is 3.64. The van der Waals surface area contributed by atoms with Crippen molar-refractivity contribution in [1.29, 1.82) is 0 Å². The summed E-state index contributed by atoms with van der Waals surface area (Å²) in [6.07, 6.45) is 7.98. The van der Waals surface area contributed by atoms with Crippen LogP contribution in [0.1, 0.15) is 35.6 Å². The summed E-state index contributed by atoms with van der Waals surface area (Å²) in [6, 6.07) is 8.60. The van der Waals surface area contributed by atoms with Gasteiger partial charge in [-0.05, 0) is 42.0 Å². The largest absolute Gasteiger partial charge is 0.349 e. The van der Waals surface area contributed by atoms with Gasteiger partial charge in [0.2, 0.25) is 0 Å². The van der Waals surface area contributed by atoms with Gasteiger partial charge in [0.15, 0.2) is 0 Å². The molecule has 1 heterocycles. The second-order valence-electron chi connectivity index (χ2n) is 5.00. The van der Waals surface area contributed by atoms with Gasteiger partial charge in [0.25, 0.3) is 0 Å². The molecular formula is C15H17BrN2. The summed E-state index contributed by atoms with van der Waals surface area (Å²) >= 11 is 3.60. The summed E-state index contributed by atoms with van der Waals surface area (Å²) in [6.45, 7) is 0.904. The minimum absolute atomic E-state index is 0.231. The van der Waals surface area contributed by atoms with E-state index in [1.807, 2.05) is 6.07 Å². The molecule has 0 saturated heterocycles. The van der Waals surface area contributed by atoms with Gasteiger partial charge >= 0.3 is 0 Å². The zero-order valence-corrected chi connectivity index (χ0v) is 11.9. The molecule has 1 unspecified atom stereocenters. The summed E-state index contributed by atoms with van der Waals surface area (Å²) in [5.74, 6) is 0. The van der Waals surface area contributed by atoms with E-state index in [-0.39, 0.29) is 6.04 Å². The van der Waals surface area contributed by atoms with Crippen molar-refractivity contribution in [3.8, 4) is 0 Å². The molecule has 0 radical (unpaired) electrons. The predicted molar refractivity (Wildman–Crippen MR) is 77.5 cm³/mol. The molecule has 0 fully saturated rings. The molecule has 0 saturated carbocycles. The van der Waals surface area contributed by atoms with Crippen LogP contribution in [-0.2, 0) is 13.0 Å².